The number of non-ortho nitro benzene ring substituents is 1. The molecule has 1 aromatic carbocycles. The number of pyridine rings is 1. The number of sulfonamides is 1. The Kier molecular flexibility index (Phi) is 4.74. The maximum absolute atomic E-state index is 12.3. The molecular formula is C13H12ClN3O4S. The molecule has 2 aromatic rings. The third kappa shape index (κ3) is 3.59. The van der Waals surface area contributed by atoms with E-state index < -0.39 is 14.9 Å². The van der Waals surface area contributed by atoms with E-state index in [9.17, 15) is 18.5 Å². The topological polar surface area (TPSA) is 102 Å². The van der Waals surface area contributed by atoms with E-state index in [0.29, 0.717) is 16.3 Å². The Morgan fingerprint density at radius 1 is 1.36 bits per heavy atom. The Hall–Kier alpha value is -2.03. The van der Waals surface area contributed by atoms with Crippen LogP contribution in [0.5, 0.6) is 0 Å². The lowest BCUT2D eigenvalue weighted by Gasteiger charge is -2.09. The highest BCUT2D eigenvalue weighted by Crippen LogP contribution is 2.22. The van der Waals surface area contributed by atoms with Crippen molar-refractivity contribution in [1.29, 1.82) is 0 Å². The second-order valence-corrected chi connectivity index (χ2v) is 6.61. The molecule has 22 heavy (non-hydrogen) atoms. The standard InChI is InChI=1S/C13H12ClN3O4S/c1-9-4-5-10(17(18)19)7-13(9)22(20,21)16-8-12-11(14)3-2-6-15-12/h2-7,16H,8H2,1H3. The molecule has 0 aliphatic rings. The van der Waals surface area contributed by atoms with E-state index in [1.54, 1.807) is 19.1 Å². The smallest absolute Gasteiger partial charge is 0.258 e. The van der Waals surface area contributed by atoms with Crippen LogP contribution in [-0.2, 0) is 16.6 Å². The molecule has 0 atom stereocenters. The number of rotatable bonds is 5. The molecule has 2 rings (SSSR count). The van der Waals surface area contributed by atoms with Gasteiger partial charge >= 0.3 is 0 Å². The molecule has 0 radical (unpaired) electrons. The summed E-state index contributed by atoms with van der Waals surface area (Å²) in [6.07, 6.45) is 1.49. The van der Waals surface area contributed by atoms with E-state index >= 15 is 0 Å². The summed E-state index contributed by atoms with van der Waals surface area (Å²) in [6.45, 7) is 1.45. The molecule has 9 heteroatoms. The van der Waals surface area contributed by atoms with Crippen molar-refractivity contribution >= 4 is 27.3 Å². The third-order valence-corrected chi connectivity index (χ3v) is 4.82. The summed E-state index contributed by atoms with van der Waals surface area (Å²) in [7, 11) is -3.92. The zero-order valence-electron chi connectivity index (χ0n) is 11.5. The number of benzene rings is 1. The van der Waals surface area contributed by atoms with Crippen molar-refractivity contribution in [2.75, 3.05) is 0 Å². The van der Waals surface area contributed by atoms with Gasteiger partial charge < -0.3 is 0 Å². The number of halogens is 1. The molecule has 1 heterocycles. The van der Waals surface area contributed by atoms with Crippen LogP contribution in [0.25, 0.3) is 0 Å². The molecule has 1 N–H and O–H groups in total. The van der Waals surface area contributed by atoms with Gasteiger partial charge in [-0.1, -0.05) is 17.7 Å². The van der Waals surface area contributed by atoms with Crippen LogP contribution >= 0.6 is 11.6 Å². The van der Waals surface area contributed by atoms with Gasteiger partial charge in [0.05, 0.1) is 27.1 Å². The number of hydrogen-bond donors (Lipinski definition) is 1. The largest absolute Gasteiger partial charge is 0.270 e. The monoisotopic (exact) mass is 341 g/mol. The summed E-state index contributed by atoms with van der Waals surface area (Å²) in [4.78, 5) is 14.0. The van der Waals surface area contributed by atoms with Crippen molar-refractivity contribution in [3.63, 3.8) is 0 Å². The second kappa shape index (κ2) is 6.39. The van der Waals surface area contributed by atoms with Gasteiger partial charge in [-0.15, -0.1) is 0 Å². The lowest BCUT2D eigenvalue weighted by Crippen LogP contribution is -2.24. The number of nitro benzene ring substituents is 1. The van der Waals surface area contributed by atoms with Crippen LogP contribution in [0.3, 0.4) is 0 Å². The minimum absolute atomic E-state index is 0.107. The van der Waals surface area contributed by atoms with Gasteiger partial charge in [0, 0.05) is 18.3 Å². The molecular weight excluding hydrogens is 330 g/mol. The fourth-order valence-corrected chi connectivity index (χ4v) is 3.22. The Morgan fingerprint density at radius 2 is 2.09 bits per heavy atom. The quantitative estimate of drug-likeness (QED) is 0.664. The number of aryl methyl sites for hydroxylation is 1. The first-order valence-corrected chi connectivity index (χ1v) is 8.01. The lowest BCUT2D eigenvalue weighted by atomic mass is 10.2. The van der Waals surface area contributed by atoms with Gasteiger partial charge in [-0.05, 0) is 24.6 Å². The van der Waals surface area contributed by atoms with Crippen LogP contribution in [-0.4, -0.2) is 18.3 Å². The van der Waals surface area contributed by atoms with Gasteiger partial charge in [0.2, 0.25) is 10.0 Å². The van der Waals surface area contributed by atoms with E-state index in [2.05, 4.69) is 9.71 Å². The average Bonchev–Trinajstić information content (AvgIpc) is 2.46. The van der Waals surface area contributed by atoms with Crippen LogP contribution < -0.4 is 4.72 Å². The summed E-state index contributed by atoms with van der Waals surface area (Å²) >= 11 is 5.91. The molecule has 0 amide bonds. The van der Waals surface area contributed by atoms with Crippen molar-refractivity contribution in [3.8, 4) is 0 Å². The first kappa shape index (κ1) is 16.3. The minimum Gasteiger partial charge on any atom is -0.258 e. The summed E-state index contributed by atoms with van der Waals surface area (Å²) < 4.78 is 27.0. The molecule has 0 unspecified atom stereocenters. The number of nitrogens with zero attached hydrogens (tertiary/aromatic N) is 2. The van der Waals surface area contributed by atoms with E-state index in [0.717, 1.165) is 6.07 Å². The van der Waals surface area contributed by atoms with Crippen LogP contribution in [0, 0.1) is 17.0 Å². The van der Waals surface area contributed by atoms with Gasteiger partial charge in [0.1, 0.15) is 0 Å². The van der Waals surface area contributed by atoms with Crippen LogP contribution in [0.4, 0.5) is 5.69 Å². The van der Waals surface area contributed by atoms with Gasteiger partial charge in [-0.3, -0.25) is 15.1 Å². The Labute approximate surface area is 132 Å². The lowest BCUT2D eigenvalue weighted by molar-refractivity contribution is -0.385. The normalized spacial score (nSPS) is 11.4. The maximum atomic E-state index is 12.3. The highest BCUT2D eigenvalue weighted by atomic mass is 35.5. The predicted molar refractivity (Wildman–Crippen MR) is 81.1 cm³/mol. The molecule has 0 aliphatic heterocycles. The molecule has 0 aliphatic carbocycles. The van der Waals surface area contributed by atoms with Crippen molar-refractivity contribution in [2.45, 2.75) is 18.4 Å². The molecule has 0 saturated heterocycles. The molecule has 7 nitrogen and oxygen atoms in total. The number of hydrogen-bond acceptors (Lipinski definition) is 5. The Bertz CT molecular complexity index is 824. The molecule has 0 fully saturated rings. The fraction of sp³-hybridized carbons (Fsp3) is 0.154. The minimum atomic E-state index is -3.92. The van der Waals surface area contributed by atoms with Crippen molar-refractivity contribution in [3.05, 3.63) is 62.9 Å². The van der Waals surface area contributed by atoms with Crippen LogP contribution in [0.1, 0.15) is 11.3 Å². The first-order valence-electron chi connectivity index (χ1n) is 6.15. The predicted octanol–water partition coefficient (Wildman–Crippen LogP) is 2.43. The average molecular weight is 342 g/mol. The van der Waals surface area contributed by atoms with Crippen LogP contribution in [0.15, 0.2) is 41.4 Å². The van der Waals surface area contributed by atoms with E-state index in [-0.39, 0.29) is 17.1 Å². The Balaban J connectivity index is 2.29. The van der Waals surface area contributed by atoms with Crippen LogP contribution in [0.2, 0.25) is 5.02 Å². The summed E-state index contributed by atoms with van der Waals surface area (Å²) in [5.41, 5.74) is 0.489. The number of nitro groups is 1. The molecule has 0 spiro atoms. The summed E-state index contributed by atoms with van der Waals surface area (Å²) in [5.74, 6) is 0. The van der Waals surface area contributed by atoms with Gasteiger partial charge in [-0.25, -0.2) is 13.1 Å². The van der Waals surface area contributed by atoms with Crippen molar-refractivity contribution in [1.82, 2.24) is 9.71 Å². The molecule has 1 aromatic heterocycles. The molecule has 0 saturated carbocycles. The van der Waals surface area contributed by atoms with E-state index in [4.69, 9.17) is 11.6 Å². The summed E-state index contributed by atoms with van der Waals surface area (Å²) in [5, 5.41) is 11.1. The van der Waals surface area contributed by atoms with E-state index in [1.165, 1.54) is 18.3 Å². The third-order valence-electron chi connectivity index (χ3n) is 2.94. The first-order chi connectivity index (χ1) is 10.3. The van der Waals surface area contributed by atoms with Crippen molar-refractivity contribution in [2.24, 2.45) is 0 Å². The van der Waals surface area contributed by atoms with Gasteiger partial charge in [0.25, 0.3) is 5.69 Å². The molecule has 0 bridgehead atoms. The highest BCUT2D eigenvalue weighted by molar-refractivity contribution is 7.89. The van der Waals surface area contributed by atoms with Gasteiger partial charge in [0.15, 0.2) is 0 Å². The SMILES string of the molecule is Cc1ccc([N+](=O)[O-])cc1S(=O)(=O)NCc1ncccc1Cl. The highest BCUT2D eigenvalue weighted by Gasteiger charge is 2.20. The van der Waals surface area contributed by atoms with Gasteiger partial charge in [-0.2, -0.15) is 0 Å². The second-order valence-electron chi connectivity index (χ2n) is 4.46. The number of aromatic nitrogens is 1. The number of nitrogens with one attached hydrogen (secondary N) is 1. The zero-order valence-corrected chi connectivity index (χ0v) is 13.1. The van der Waals surface area contributed by atoms with E-state index in [1.807, 2.05) is 0 Å². The molecule has 116 valence electrons. The fourth-order valence-electron chi connectivity index (χ4n) is 1.78. The maximum Gasteiger partial charge on any atom is 0.270 e. The summed E-state index contributed by atoms with van der Waals surface area (Å²) in [6, 6.07) is 6.89. The zero-order chi connectivity index (χ0) is 16.3. The Morgan fingerprint density at radius 3 is 2.73 bits per heavy atom. The van der Waals surface area contributed by atoms with Crippen molar-refractivity contribution < 1.29 is 13.3 Å².